The summed E-state index contributed by atoms with van der Waals surface area (Å²) in [5, 5.41) is 0. The largest absolute Gasteiger partial charge is 0.444 e. The predicted octanol–water partition coefficient (Wildman–Crippen LogP) is 9.58. The van der Waals surface area contributed by atoms with Gasteiger partial charge in [-0.05, 0) is 137 Å². The number of piperidine rings is 1. The number of halogens is 7. The van der Waals surface area contributed by atoms with Gasteiger partial charge in [0, 0.05) is 63.9 Å². The van der Waals surface area contributed by atoms with Gasteiger partial charge in [0.05, 0.1) is 23.8 Å². The molecule has 19 heteroatoms. The number of amides is 4. The number of carbonyl (C=O) groups is 4. The molecule has 0 radical (unpaired) electrons. The second kappa shape index (κ2) is 22.4. The smallest absolute Gasteiger partial charge is 0.416 e. The summed E-state index contributed by atoms with van der Waals surface area (Å²) in [6.45, 7) is 7.59. The lowest BCUT2D eigenvalue weighted by Gasteiger charge is -2.44. The molecule has 0 N–H and O–H groups in total. The van der Waals surface area contributed by atoms with Crippen molar-refractivity contribution in [3.63, 3.8) is 0 Å². The fourth-order valence-corrected chi connectivity index (χ4v) is 10.1. The van der Waals surface area contributed by atoms with Gasteiger partial charge in [-0.2, -0.15) is 26.3 Å². The van der Waals surface area contributed by atoms with Crippen molar-refractivity contribution in [3.8, 4) is 0 Å². The van der Waals surface area contributed by atoms with E-state index in [9.17, 15) is 49.9 Å². The Morgan fingerprint density at radius 1 is 0.757 bits per heavy atom. The van der Waals surface area contributed by atoms with Crippen LogP contribution in [-0.4, -0.2) is 140 Å². The molecular weight excluding hydrogens is 976 g/mol. The minimum absolute atomic E-state index is 0.0301. The molecule has 0 saturated carbocycles. The van der Waals surface area contributed by atoms with E-state index in [0.717, 1.165) is 21.6 Å². The first kappa shape index (κ1) is 55.7. The van der Waals surface area contributed by atoms with E-state index in [1.54, 1.807) is 43.1 Å². The van der Waals surface area contributed by atoms with E-state index in [-0.39, 0.29) is 43.6 Å². The number of hydrogen-bond acceptors (Lipinski definition) is 8. The zero-order chi connectivity index (χ0) is 53.8. The molecule has 4 amide bonds. The third-order valence-corrected chi connectivity index (χ3v) is 14.4. The molecule has 12 nitrogen and oxygen atoms in total. The first-order chi connectivity index (χ1) is 34.8. The number of nitrogens with zero attached hydrogens (tertiary/aromatic N) is 5. The van der Waals surface area contributed by atoms with Crippen molar-refractivity contribution >= 4 is 23.8 Å². The molecule has 2 atom stereocenters. The summed E-state index contributed by atoms with van der Waals surface area (Å²) in [6.07, 6.45) is -7.61. The standard InChI is InChI=1S/C55H64F7N5O7/c1-51(2,3)74-50(71)65(6)26-20-37-12-14-38(15-13-37)48(69)64(5)25-9-24-63(4)47(68)34-72-46-32-39-10-7-8-11-45(39)52(46)21-27-66(28-22-52)29-23-53(41-16-18-44(56)19-17-41)35-67(36-73-53)49(70)40-30-42(54(57,58)59)33-43(31-40)55(60,61)62/h7-8,10-19,30-31,33,46H,9,20-29,32,34-36H2,1-6H3/t46-,53-/m0/s1. The van der Waals surface area contributed by atoms with E-state index in [1.807, 2.05) is 45.0 Å². The van der Waals surface area contributed by atoms with Gasteiger partial charge in [0.2, 0.25) is 5.91 Å². The Morgan fingerprint density at radius 3 is 2.00 bits per heavy atom. The van der Waals surface area contributed by atoms with E-state index < -0.39 is 70.2 Å². The van der Waals surface area contributed by atoms with Crippen LogP contribution >= 0.6 is 0 Å². The summed E-state index contributed by atoms with van der Waals surface area (Å²) in [6, 6.07) is 21.6. The van der Waals surface area contributed by atoms with Crippen LogP contribution in [0.5, 0.6) is 0 Å². The molecule has 4 aromatic carbocycles. The minimum atomic E-state index is -5.14. The van der Waals surface area contributed by atoms with Crippen molar-refractivity contribution in [2.45, 2.75) is 94.4 Å². The molecule has 1 aliphatic carbocycles. The Bertz CT molecular complexity index is 2600. The molecular formula is C55H64F7N5O7. The van der Waals surface area contributed by atoms with Gasteiger partial charge in [0.25, 0.3) is 11.8 Å². The Morgan fingerprint density at radius 2 is 1.38 bits per heavy atom. The van der Waals surface area contributed by atoms with Crippen LogP contribution < -0.4 is 0 Å². The Labute approximate surface area is 427 Å². The molecule has 0 bridgehead atoms. The zero-order valence-electron chi connectivity index (χ0n) is 42.6. The second-order valence-corrected chi connectivity index (χ2v) is 20.7. The topological polar surface area (TPSA) is 112 Å². The first-order valence-electron chi connectivity index (χ1n) is 24.7. The maximum absolute atomic E-state index is 14.2. The molecule has 2 saturated heterocycles. The van der Waals surface area contributed by atoms with E-state index in [4.69, 9.17) is 14.2 Å². The van der Waals surface area contributed by atoms with Crippen molar-refractivity contribution in [1.29, 1.82) is 0 Å². The SMILES string of the molecule is CN(CCCN(C)C(=O)c1ccc(CCN(C)C(=O)OC(C)(C)C)cc1)C(=O)CO[C@H]1Cc2ccccc2C12CCN(CC[C@@]1(c3ccc(F)cc3)CN(C(=O)c3cc(C(F)(F)F)cc(C(F)(F)F)c3)CO1)CC2. The van der Waals surface area contributed by atoms with E-state index in [1.165, 1.54) is 29.2 Å². The lowest BCUT2D eigenvalue weighted by molar-refractivity contribution is -0.143. The number of carbonyl (C=O) groups excluding carboxylic acids is 4. The fourth-order valence-electron chi connectivity index (χ4n) is 10.1. The number of rotatable bonds is 16. The first-order valence-corrected chi connectivity index (χ1v) is 24.7. The summed E-state index contributed by atoms with van der Waals surface area (Å²) in [5.74, 6) is -1.95. The van der Waals surface area contributed by atoms with E-state index in [0.29, 0.717) is 94.6 Å². The Hall–Kier alpha value is -6.05. The van der Waals surface area contributed by atoms with Crippen LogP contribution in [0.4, 0.5) is 35.5 Å². The predicted molar refractivity (Wildman–Crippen MR) is 262 cm³/mol. The third kappa shape index (κ3) is 13.2. The lowest BCUT2D eigenvalue weighted by Crippen LogP contribution is -2.50. The summed E-state index contributed by atoms with van der Waals surface area (Å²) in [5.41, 5.74) is -1.94. The average Bonchev–Trinajstić information content (AvgIpc) is 3.93. The van der Waals surface area contributed by atoms with Crippen molar-refractivity contribution in [2.75, 3.05) is 80.3 Å². The molecule has 1 spiro atoms. The second-order valence-electron chi connectivity index (χ2n) is 20.7. The number of benzene rings is 4. The van der Waals surface area contributed by atoms with Crippen LogP contribution in [-0.2, 0) is 55.2 Å². The quantitative estimate of drug-likeness (QED) is 0.102. The Kier molecular flexibility index (Phi) is 16.9. The zero-order valence-corrected chi connectivity index (χ0v) is 42.6. The molecule has 0 aromatic heterocycles. The molecule has 2 aliphatic heterocycles. The van der Waals surface area contributed by atoms with Gasteiger partial charge in [-0.3, -0.25) is 14.4 Å². The van der Waals surface area contributed by atoms with Gasteiger partial charge < -0.3 is 38.7 Å². The maximum atomic E-state index is 14.2. The van der Waals surface area contributed by atoms with Crippen molar-refractivity contribution < 1.29 is 64.1 Å². The van der Waals surface area contributed by atoms with Gasteiger partial charge in [-0.15, -0.1) is 0 Å². The summed E-state index contributed by atoms with van der Waals surface area (Å²) in [7, 11) is 5.11. The fraction of sp³-hybridized carbons (Fsp3) is 0.491. The van der Waals surface area contributed by atoms with Gasteiger partial charge in [0.15, 0.2) is 0 Å². The summed E-state index contributed by atoms with van der Waals surface area (Å²) in [4.78, 5) is 60.8. The van der Waals surface area contributed by atoms with Crippen LogP contribution in [0.1, 0.15) is 101 Å². The molecule has 0 unspecified atom stereocenters. The third-order valence-electron chi connectivity index (χ3n) is 14.4. The minimum Gasteiger partial charge on any atom is -0.444 e. The van der Waals surface area contributed by atoms with Crippen molar-refractivity contribution in [2.24, 2.45) is 0 Å². The summed E-state index contributed by atoms with van der Waals surface area (Å²) < 4.78 is 115. The summed E-state index contributed by atoms with van der Waals surface area (Å²) >= 11 is 0. The normalized spacial score (nSPS) is 18.8. The lowest BCUT2D eigenvalue weighted by atomic mass is 9.72. The molecule has 2 heterocycles. The molecule has 2 fully saturated rings. The number of likely N-dealkylation sites (tertiary alicyclic amines) is 1. The van der Waals surface area contributed by atoms with Gasteiger partial charge in [-0.1, -0.05) is 48.5 Å². The highest BCUT2D eigenvalue weighted by atomic mass is 19.4. The van der Waals surface area contributed by atoms with Crippen LogP contribution in [0.2, 0.25) is 0 Å². The van der Waals surface area contributed by atoms with Crippen molar-refractivity contribution in [1.82, 2.24) is 24.5 Å². The average molecular weight is 1040 g/mol. The molecule has 7 rings (SSSR count). The molecule has 3 aliphatic rings. The van der Waals surface area contributed by atoms with Gasteiger partial charge >= 0.3 is 18.4 Å². The highest BCUT2D eigenvalue weighted by molar-refractivity contribution is 5.95. The van der Waals surface area contributed by atoms with Crippen LogP contribution in [0.15, 0.2) is 91.0 Å². The van der Waals surface area contributed by atoms with Crippen LogP contribution in [0, 0.1) is 5.82 Å². The highest BCUT2D eigenvalue weighted by Gasteiger charge is 2.50. The van der Waals surface area contributed by atoms with E-state index >= 15 is 0 Å². The van der Waals surface area contributed by atoms with Gasteiger partial charge in [-0.25, -0.2) is 9.18 Å². The number of hydrogen-bond donors (Lipinski definition) is 0. The number of alkyl halides is 6. The number of ether oxygens (including phenoxy) is 3. The maximum Gasteiger partial charge on any atom is 0.416 e. The molecule has 400 valence electrons. The van der Waals surface area contributed by atoms with Crippen LogP contribution in [0.25, 0.3) is 0 Å². The molecule has 74 heavy (non-hydrogen) atoms. The van der Waals surface area contributed by atoms with E-state index in [2.05, 4.69) is 17.0 Å². The van der Waals surface area contributed by atoms with Crippen molar-refractivity contribution in [3.05, 3.63) is 141 Å². The highest BCUT2D eigenvalue weighted by Crippen LogP contribution is 2.48. The Balaban J connectivity index is 0.920. The van der Waals surface area contributed by atoms with Crippen LogP contribution in [0.3, 0.4) is 0 Å². The number of fused-ring (bicyclic) bond motifs is 2. The monoisotopic (exact) mass is 1040 g/mol. The number of likely N-dealkylation sites (N-methyl/N-ethyl adjacent to an activating group) is 2. The van der Waals surface area contributed by atoms with Gasteiger partial charge in [0.1, 0.15) is 30.4 Å². The molecule has 4 aromatic rings.